The van der Waals surface area contributed by atoms with Crippen LogP contribution in [0.5, 0.6) is 5.75 Å². The van der Waals surface area contributed by atoms with E-state index in [-0.39, 0.29) is 24.1 Å². The zero-order valence-corrected chi connectivity index (χ0v) is 16.4. The predicted molar refractivity (Wildman–Crippen MR) is 97.4 cm³/mol. The average molecular weight is 380 g/mol. The maximum absolute atomic E-state index is 12.7. The van der Waals surface area contributed by atoms with Crippen molar-refractivity contribution in [2.75, 3.05) is 6.61 Å². The van der Waals surface area contributed by atoms with Crippen LogP contribution >= 0.6 is 0 Å². The Balaban J connectivity index is 2.05. The second-order valence-corrected chi connectivity index (χ2v) is 7.35. The standard InChI is InChI=1S/C19H28N2O6/c1-10(2)11(3)8-14(18(23)21-17-13(5)26-9-15(17)22)20-19(24)27-16-6-7-25-12(16)4/h6-7,10-11,13-14,17H,8-9H2,1-5H3,(H,20,24)(H,21,23)/t11?,13-,14-,17-/m0/s1. The number of furan rings is 1. The van der Waals surface area contributed by atoms with Crippen molar-refractivity contribution in [2.24, 2.45) is 11.8 Å². The smallest absolute Gasteiger partial charge is 0.413 e. The number of amides is 2. The fraction of sp³-hybridized carbons (Fsp3) is 0.632. The second-order valence-electron chi connectivity index (χ2n) is 7.35. The molecule has 150 valence electrons. The van der Waals surface area contributed by atoms with Crippen LogP contribution in [0.3, 0.4) is 0 Å². The van der Waals surface area contributed by atoms with Crippen molar-refractivity contribution in [3.05, 3.63) is 18.1 Å². The fourth-order valence-corrected chi connectivity index (χ4v) is 2.74. The third kappa shape index (κ3) is 5.56. The van der Waals surface area contributed by atoms with E-state index in [2.05, 4.69) is 10.6 Å². The van der Waals surface area contributed by atoms with Crippen molar-refractivity contribution in [2.45, 2.75) is 59.2 Å². The van der Waals surface area contributed by atoms with E-state index in [1.165, 1.54) is 12.3 Å². The molecule has 0 aliphatic carbocycles. The fourth-order valence-electron chi connectivity index (χ4n) is 2.74. The number of ether oxygens (including phenoxy) is 2. The second kappa shape index (κ2) is 9.03. The number of aryl methyl sites for hydroxylation is 1. The molecule has 0 saturated carbocycles. The summed E-state index contributed by atoms with van der Waals surface area (Å²) in [6.45, 7) is 9.47. The van der Waals surface area contributed by atoms with E-state index < -0.39 is 30.2 Å². The van der Waals surface area contributed by atoms with Crippen LogP contribution in [-0.2, 0) is 14.3 Å². The Labute approximate surface area is 159 Å². The number of carbonyl (C=O) groups excluding carboxylic acids is 3. The number of Topliss-reactive ketones (excluding diaryl/α,β-unsaturated/α-hetero) is 1. The minimum Gasteiger partial charge on any atom is -0.466 e. The Morgan fingerprint density at radius 2 is 2.04 bits per heavy atom. The largest absolute Gasteiger partial charge is 0.466 e. The molecule has 1 unspecified atom stereocenters. The van der Waals surface area contributed by atoms with Gasteiger partial charge in [0.05, 0.1) is 12.4 Å². The summed E-state index contributed by atoms with van der Waals surface area (Å²) in [7, 11) is 0. The highest BCUT2D eigenvalue weighted by Crippen LogP contribution is 2.20. The van der Waals surface area contributed by atoms with Gasteiger partial charge in [0.25, 0.3) is 0 Å². The molecule has 1 aliphatic rings. The van der Waals surface area contributed by atoms with Gasteiger partial charge in [-0.3, -0.25) is 9.59 Å². The Morgan fingerprint density at radius 1 is 1.33 bits per heavy atom. The van der Waals surface area contributed by atoms with E-state index in [1.807, 2.05) is 20.8 Å². The molecule has 2 N–H and O–H groups in total. The van der Waals surface area contributed by atoms with E-state index in [0.717, 1.165) is 0 Å². The maximum Gasteiger partial charge on any atom is 0.413 e. The van der Waals surface area contributed by atoms with E-state index in [9.17, 15) is 14.4 Å². The highest BCUT2D eigenvalue weighted by Gasteiger charge is 2.36. The number of rotatable bonds is 7. The molecular weight excluding hydrogens is 352 g/mol. The molecule has 1 aromatic rings. The Hall–Kier alpha value is -2.35. The maximum atomic E-state index is 12.7. The number of hydrogen-bond acceptors (Lipinski definition) is 6. The van der Waals surface area contributed by atoms with Gasteiger partial charge in [-0.25, -0.2) is 4.79 Å². The van der Waals surface area contributed by atoms with Crippen molar-refractivity contribution >= 4 is 17.8 Å². The van der Waals surface area contributed by atoms with Crippen LogP contribution in [0.2, 0.25) is 0 Å². The molecule has 4 atom stereocenters. The molecule has 8 nitrogen and oxygen atoms in total. The average Bonchev–Trinajstić information content (AvgIpc) is 3.14. The first-order valence-electron chi connectivity index (χ1n) is 9.16. The molecule has 0 bridgehead atoms. The summed E-state index contributed by atoms with van der Waals surface area (Å²) in [4.78, 5) is 36.9. The molecule has 1 fully saturated rings. The summed E-state index contributed by atoms with van der Waals surface area (Å²) < 4.78 is 15.6. The SMILES string of the molecule is Cc1occc1OC(=O)N[C@@H](CC(C)C(C)C)C(=O)N[C@@H]1C(=O)CO[C@H]1C. The van der Waals surface area contributed by atoms with E-state index >= 15 is 0 Å². The van der Waals surface area contributed by atoms with Gasteiger partial charge in [0.2, 0.25) is 5.91 Å². The first-order valence-corrected chi connectivity index (χ1v) is 9.16. The molecule has 0 spiro atoms. The lowest BCUT2D eigenvalue weighted by atomic mass is 9.90. The van der Waals surface area contributed by atoms with Crippen LogP contribution in [0.25, 0.3) is 0 Å². The third-order valence-electron chi connectivity index (χ3n) is 4.97. The number of carbonyl (C=O) groups is 3. The van der Waals surface area contributed by atoms with Crippen molar-refractivity contribution < 1.29 is 28.3 Å². The van der Waals surface area contributed by atoms with Crippen molar-refractivity contribution in [1.82, 2.24) is 10.6 Å². The molecule has 0 aromatic carbocycles. The third-order valence-corrected chi connectivity index (χ3v) is 4.97. The lowest BCUT2D eigenvalue weighted by molar-refractivity contribution is -0.127. The van der Waals surface area contributed by atoms with E-state index in [0.29, 0.717) is 18.1 Å². The van der Waals surface area contributed by atoms with Gasteiger partial charge in [0.1, 0.15) is 24.5 Å². The van der Waals surface area contributed by atoms with Gasteiger partial charge in [0, 0.05) is 6.07 Å². The number of hydrogen-bond donors (Lipinski definition) is 2. The van der Waals surface area contributed by atoms with Gasteiger partial charge in [0.15, 0.2) is 11.5 Å². The molecule has 2 rings (SSSR count). The first kappa shape index (κ1) is 21.0. The van der Waals surface area contributed by atoms with Gasteiger partial charge >= 0.3 is 6.09 Å². The normalized spacial score (nSPS) is 21.8. The van der Waals surface area contributed by atoms with Gasteiger partial charge < -0.3 is 24.5 Å². The van der Waals surface area contributed by atoms with Crippen LogP contribution < -0.4 is 15.4 Å². The van der Waals surface area contributed by atoms with Gasteiger partial charge in [-0.2, -0.15) is 0 Å². The Morgan fingerprint density at radius 3 is 2.56 bits per heavy atom. The molecular formula is C19H28N2O6. The van der Waals surface area contributed by atoms with Crippen molar-refractivity contribution in [1.29, 1.82) is 0 Å². The van der Waals surface area contributed by atoms with Crippen LogP contribution in [0.4, 0.5) is 4.79 Å². The topological polar surface area (TPSA) is 107 Å². The molecule has 2 heterocycles. The zero-order chi connectivity index (χ0) is 20.1. The first-order chi connectivity index (χ1) is 12.7. The molecule has 27 heavy (non-hydrogen) atoms. The number of ketones is 1. The highest BCUT2D eigenvalue weighted by atomic mass is 16.6. The van der Waals surface area contributed by atoms with Gasteiger partial charge in [-0.05, 0) is 32.1 Å². The van der Waals surface area contributed by atoms with E-state index in [4.69, 9.17) is 13.9 Å². The Kier molecular flexibility index (Phi) is 7.01. The Bertz CT molecular complexity index is 683. The van der Waals surface area contributed by atoms with Crippen LogP contribution in [0.1, 0.15) is 39.9 Å². The highest BCUT2D eigenvalue weighted by molar-refractivity contribution is 5.94. The summed E-state index contributed by atoms with van der Waals surface area (Å²) in [5.74, 6) is 0.636. The summed E-state index contributed by atoms with van der Waals surface area (Å²) in [5, 5.41) is 5.30. The summed E-state index contributed by atoms with van der Waals surface area (Å²) in [6.07, 6.45) is 0.678. The van der Waals surface area contributed by atoms with Crippen LogP contribution in [0, 0.1) is 18.8 Å². The van der Waals surface area contributed by atoms with Crippen molar-refractivity contribution in [3.63, 3.8) is 0 Å². The molecule has 2 amide bonds. The molecule has 1 aromatic heterocycles. The lowest BCUT2D eigenvalue weighted by Crippen LogP contribution is -2.54. The van der Waals surface area contributed by atoms with E-state index in [1.54, 1.807) is 13.8 Å². The molecule has 1 aliphatic heterocycles. The number of nitrogens with one attached hydrogen (secondary N) is 2. The summed E-state index contributed by atoms with van der Waals surface area (Å²) in [6, 6.07) is -0.0114. The van der Waals surface area contributed by atoms with Gasteiger partial charge in [-0.1, -0.05) is 20.8 Å². The summed E-state index contributed by atoms with van der Waals surface area (Å²) in [5.41, 5.74) is 0. The molecule has 0 radical (unpaired) electrons. The van der Waals surface area contributed by atoms with Crippen LogP contribution in [-0.4, -0.2) is 42.6 Å². The van der Waals surface area contributed by atoms with Gasteiger partial charge in [-0.15, -0.1) is 0 Å². The minimum atomic E-state index is -0.831. The summed E-state index contributed by atoms with van der Waals surface area (Å²) >= 11 is 0. The molecule has 8 heteroatoms. The zero-order valence-electron chi connectivity index (χ0n) is 16.4. The quantitative estimate of drug-likeness (QED) is 0.751. The monoisotopic (exact) mass is 380 g/mol. The minimum absolute atomic E-state index is 0.0194. The molecule has 1 saturated heterocycles. The predicted octanol–water partition coefficient (Wildman–Crippen LogP) is 2.20. The van der Waals surface area contributed by atoms with Crippen molar-refractivity contribution in [3.8, 4) is 5.75 Å². The van der Waals surface area contributed by atoms with Crippen LogP contribution in [0.15, 0.2) is 16.7 Å². The lowest BCUT2D eigenvalue weighted by Gasteiger charge is -2.25.